The van der Waals surface area contributed by atoms with Crippen LogP contribution in [-0.4, -0.2) is 22.9 Å². The third-order valence-corrected chi connectivity index (χ3v) is 5.18. The van der Waals surface area contributed by atoms with Gasteiger partial charge in [-0.05, 0) is 57.2 Å². The van der Waals surface area contributed by atoms with Crippen molar-refractivity contribution in [1.29, 1.82) is 0 Å². The number of aryl methyl sites for hydroxylation is 2. The maximum Gasteiger partial charge on any atom is 0.264 e. The second kappa shape index (κ2) is 6.99. The summed E-state index contributed by atoms with van der Waals surface area (Å²) in [7, 11) is 0. The number of amides is 1. The van der Waals surface area contributed by atoms with Crippen molar-refractivity contribution in [2.75, 3.05) is 10.7 Å². The Morgan fingerprint density at radius 1 is 1.17 bits per heavy atom. The molecule has 0 saturated carbocycles. The van der Waals surface area contributed by atoms with E-state index in [1.54, 1.807) is 28.8 Å². The topological polar surface area (TPSA) is 32.7 Å². The van der Waals surface area contributed by atoms with E-state index in [1.807, 2.05) is 38.1 Å². The molecule has 1 aliphatic rings. The minimum Gasteiger partial charge on any atom is -0.268 e. The van der Waals surface area contributed by atoms with E-state index in [0.717, 1.165) is 27.7 Å². The van der Waals surface area contributed by atoms with Gasteiger partial charge >= 0.3 is 0 Å². The molecule has 0 fully saturated rings. The molecule has 2 aromatic carbocycles. The van der Waals surface area contributed by atoms with Crippen molar-refractivity contribution in [2.24, 2.45) is 4.99 Å². The number of carbonyl (C=O) groups is 1. The highest BCUT2D eigenvalue weighted by Crippen LogP contribution is 2.28. The summed E-state index contributed by atoms with van der Waals surface area (Å²) in [5, 5.41) is 1.39. The van der Waals surface area contributed by atoms with Crippen LogP contribution in [0.25, 0.3) is 0 Å². The van der Waals surface area contributed by atoms with E-state index < -0.39 is 0 Å². The first-order valence-corrected chi connectivity index (χ1v) is 9.19. The molecule has 0 saturated heterocycles. The number of hydrogen-bond donors (Lipinski definition) is 0. The van der Waals surface area contributed by atoms with Crippen LogP contribution >= 0.6 is 23.4 Å². The molecule has 1 atom stereocenters. The van der Waals surface area contributed by atoms with E-state index in [9.17, 15) is 4.79 Å². The van der Waals surface area contributed by atoms with Gasteiger partial charge in [0.25, 0.3) is 5.91 Å². The number of carbonyl (C=O) groups excluding carboxylic acids is 1. The van der Waals surface area contributed by atoms with Crippen molar-refractivity contribution in [3.05, 3.63) is 64.2 Å². The minimum atomic E-state index is -0.0653. The van der Waals surface area contributed by atoms with Crippen molar-refractivity contribution < 1.29 is 4.79 Å². The van der Waals surface area contributed by atoms with E-state index in [1.165, 1.54) is 0 Å². The van der Waals surface area contributed by atoms with E-state index in [2.05, 4.69) is 18.0 Å². The van der Waals surface area contributed by atoms with Crippen LogP contribution in [0.1, 0.15) is 28.4 Å². The average Bonchev–Trinajstić information content (AvgIpc) is 2.94. The predicted molar refractivity (Wildman–Crippen MR) is 104 cm³/mol. The second-order valence-electron chi connectivity index (χ2n) is 6.07. The zero-order valence-corrected chi connectivity index (χ0v) is 15.5. The summed E-state index contributed by atoms with van der Waals surface area (Å²) in [4.78, 5) is 19.6. The molecular formula is C19H19ClN2OS. The number of anilines is 1. The Hall–Kier alpha value is -1.78. The summed E-state index contributed by atoms with van der Waals surface area (Å²) in [6.07, 6.45) is 0. The summed E-state index contributed by atoms with van der Waals surface area (Å²) in [5.74, 6) is 0.823. The number of rotatable bonds is 2. The maximum atomic E-state index is 13.2. The van der Waals surface area contributed by atoms with Gasteiger partial charge in [-0.15, -0.1) is 0 Å². The van der Waals surface area contributed by atoms with Gasteiger partial charge in [-0.25, -0.2) is 0 Å². The van der Waals surface area contributed by atoms with Crippen molar-refractivity contribution in [3.63, 3.8) is 0 Å². The van der Waals surface area contributed by atoms with E-state index >= 15 is 0 Å². The Balaban J connectivity index is 2.05. The monoisotopic (exact) mass is 358 g/mol. The number of amidine groups is 1. The molecule has 24 heavy (non-hydrogen) atoms. The van der Waals surface area contributed by atoms with Crippen LogP contribution in [0.5, 0.6) is 0 Å². The molecule has 0 aromatic heterocycles. The molecule has 2 aromatic rings. The Bertz CT molecular complexity index is 781. The fraction of sp³-hybridized carbons (Fsp3) is 0.263. The molecule has 0 spiro atoms. The van der Waals surface area contributed by atoms with Gasteiger partial charge in [0, 0.05) is 16.3 Å². The SMILES string of the molecule is Cc1cc(C)cc(C(=O)N(C2=N[C@H](C)CS2)c2ccc(Cl)cc2)c1. The summed E-state index contributed by atoms with van der Waals surface area (Å²) in [6.45, 7) is 6.06. The molecule has 1 heterocycles. The molecule has 1 amide bonds. The standard InChI is InChI=1S/C19H19ClN2OS/c1-12-8-13(2)10-15(9-12)18(23)22(19-21-14(3)11-24-19)17-6-4-16(20)5-7-17/h4-10,14H,11H2,1-3H3/t14-/m1/s1. The van der Waals surface area contributed by atoms with Crippen LogP contribution in [-0.2, 0) is 0 Å². The summed E-state index contributed by atoms with van der Waals surface area (Å²) in [6, 6.07) is 13.4. The fourth-order valence-electron chi connectivity index (χ4n) is 2.71. The van der Waals surface area contributed by atoms with E-state index in [4.69, 9.17) is 11.6 Å². The van der Waals surface area contributed by atoms with Gasteiger partial charge in [0.2, 0.25) is 0 Å². The highest BCUT2D eigenvalue weighted by Gasteiger charge is 2.27. The van der Waals surface area contributed by atoms with Crippen LogP contribution in [0.2, 0.25) is 5.02 Å². The third-order valence-electron chi connectivity index (χ3n) is 3.73. The Kier molecular flexibility index (Phi) is 4.97. The van der Waals surface area contributed by atoms with Gasteiger partial charge < -0.3 is 0 Å². The highest BCUT2D eigenvalue weighted by molar-refractivity contribution is 8.14. The zero-order valence-electron chi connectivity index (χ0n) is 13.9. The van der Waals surface area contributed by atoms with Crippen molar-refractivity contribution in [3.8, 4) is 0 Å². The number of thioether (sulfide) groups is 1. The summed E-state index contributed by atoms with van der Waals surface area (Å²) < 4.78 is 0. The van der Waals surface area contributed by atoms with E-state index in [0.29, 0.717) is 10.6 Å². The third kappa shape index (κ3) is 3.65. The molecule has 0 aliphatic carbocycles. The molecule has 0 bridgehead atoms. The highest BCUT2D eigenvalue weighted by atomic mass is 35.5. The van der Waals surface area contributed by atoms with Crippen LogP contribution in [0.3, 0.4) is 0 Å². The van der Waals surface area contributed by atoms with E-state index in [-0.39, 0.29) is 11.9 Å². The second-order valence-corrected chi connectivity index (χ2v) is 7.49. The van der Waals surface area contributed by atoms with Crippen molar-refractivity contribution >= 4 is 40.1 Å². The van der Waals surface area contributed by atoms with Gasteiger partial charge in [0.05, 0.1) is 11.7 Å². The summed E-state index contributed by atoms with van der Waals surface area (Å²) in [5.41, 5.74) is 3.60. The predicted octanol–water partition coefficient (Wildman–Crippen LogP) is 5.09. The van der Waals surface area contributed by atoms with Crippen LogP contribution in [0, 0.1) is 13.8 Å². The van der Waals surface area contributed by atoms with Crippen LogP contribution in [0.4, 0.5) is 5.69 Å². The van der Waals surface area contributed by atoms with Gasteiger partial charge in [0.15, 0.2) is 5.17 Å². The average molecular weight is 359 g/mol. The molecular weight excluding hydrogens is 340 g/mol. The number of hydrogen-bond acceptors (Lipinski definition) is 3. The lowest BCUT2D eigenvalue weighted by atomic mass is 10.1. The first-order chi connectivity index (χ1) is 11.4. The van der Waals surface area contributed by atoms with Crippen LogP contribution < -0.4 is 4.90 Å². The lowest BCUT2D eigenvalue weighted by Crippen LogP contribution is -2.34. The van der Waals surface area contributed by atoms with Crippen molar-refractivity contribution in [1.82, 2.24) is 0 Å². The molecule has 124 valence electrons. The number of aliphatic imine (C=N–C) groups is 1. The molecule has 3 rings (SSSR count). The number of benzene rings is 2. The molecule has 5 heteroatoms. The lowest BCUT2D eigenvalue weighted by molar-refractivity contribution is 0.100. The minimum absolute atomic E-state index is 0.0653. The largest absolute Gasteiger partial charge is 0.268 e. The summed E-state index contributed by atoms with van der Waals surface area (Å²) >= 11 is 7.61. The zero-order chi connectivity index (χ0) is 17.3. The number of nitrogens with zero attached hydrogens (tertiary/aromatic N) is 2. The van der Waals surface area contributed by atoms with Gasteiger partial charge in [-0.1, -0.05) is 40.6 Å². The maximum absolute atomic E-state index is 13.2. The number of halogens is 1. The Labute approximate surface area is 151 Å². The Morgan fingerprint density at radius 3 is 2.33 bits per heavy atom. The first kappa shape index (κ1) is 17.1. The quantitative estimate of drug-likeness (QED) is 0.748. The smallest absolute Gasteiger partial charge is 0.264 e. The Morgan fingerprint density at radius 2 is 1.79 bits per heavy atom. The lowest BCUT2D eigenvalue weighted by Gasteiger charge is -2.22. The first-order valence-electron chi connectivity index (χ1n) is 7.83. The van der Waals surface area contributed by atoms with Gasteiger partial charge in [0.1, 0.15) is 0 Å². The molecule has 3 nitrogen and oxygen atoms in total. The molecule has 0 N–H and O–H groups in total. The van der Waals surface area contributed by atoms with Gasteiger partial charge in [-0.2, -0.15) is 0 Å². The molecule has 1 aliphatic heterocycles. The molecule has 0 unspecified atom stereocenters. The molecule has 0 radical (unpaired) electrons. The fourth-order valence-corrected chi connectivity index (χ4v) is 3.88. The normalized spacial score (nSPS) is 16.8. The van der Waals surface area contributed by atoms with Gasteiger partial charge in [-0.3, -0.25) is 14.7 Å². The van der Waals surface area contributed by atoms with Crippen molar-refractivity contribution in [2.45, 2.75) is 26.8 Å². The van der Waals surface area contributed by atoms with Crippen LogP contribution in [0.15, 0.2) is 47.5 Å².